The van der Waals surface area contributed by atoms with Crippen LogP contribution in [-0.4, -0.2) is 36.4 Å². The maximum atomic E-state index is 12.8. The van der Waals surface area contributed by atoms with E-state index in [9.17, 15) is 9.59 Å². The molecule has 27 heavy (non-hydrogen) atoms. The highest BCUT2D eigenvalue weighted by Gasteiger charge is 2.26. The molecule has 2 aromatic rings. The van der Waals surface area contributed by atoms with Gasteiger partial charge in [0.1, 0.15) is 11.8 Å². The number of benzene rings is 2. The fourth-order valence-electron chi connectivity index (χ4n) is 2.81. The van der Waals surface area contributed by atoms with Crippen molar-refractivity contribution >= 4 is 11.8 Å². The first-order chi connectivity index (χ1) is 13.0. The number of likely N-dealkylation sites (N-methyl/N-ethyl adjacent to an activating group) is 1. The third-order valence-corrected chi connectivity index (χ3v) is 4.71. The molecule has 0 saturated heterocycles. The first-order valence-electron chi connectivity index (χ1n) is 9.23. The average molecular weight is 368 g/mol. The predicted octanol–water partition coefficient (Wildman–Crippen LogP) is 3.10. The van der Waals surface area contributed by atoms with Gasteiger partial charge in [0.2, 0.25) is 5.91 Å². The SMILES string of the molecule is CCc1ccc(OCC(=O)N(Cc2ccccc2C)[C@@H](C)C(=O)NC)cc1. The Morgan fingerprint density at radius 1 is 1.11 bits per heavy atom. The number of carbonyl (C=O) groups excluding carboxylic acids is 2. The van der Waals surface area contributed by atoms with E-state index in [0.717, 1.165) is 17.5 Å². The zero-order valence-electron chi connectivity index (χ0n) is 16.5. The Morgan fingerprint density at radius 2 is 1.78 bits per heavy atom. The van der Waals surface area contributed by atoms with Crippen LogP contribution in [-0.2, 0) is 22.6 Å². The molecular weight excluding hydrogens is 340 g/mol. The summed E-state index contributed by atoms with van der Waals surface area (Å²) in [6, 6.07) is 15.0. The number of hydrogen-bond acceptors (Lipinski definition) is 3. The molecule has 0 aromatic heterocycles. The molecule has 0 bridgehead atoms. The van der Waals surface area contributed by atoms with Gasteiger partial charge in [-0.2, -0.15) is 0 Å². The summed E-state index contributed by atoms with van der Waals surface area (Å²) < 4.78 is 5.66. The molecule has 2 aromatic carbocycles. The Hall–Kier alpha value is -2.82. The molecule has 144 valence electrons. The fraction of sp³-hybridized carbons (Fsp3) is 0.364. The van der Waals surface area contributed by atoms with Gasteiger partial charge in [0.25, 0.3) is 5.91 Å². The highest BCUT2D eigenvalue weighted by Crippen LogP contribution is 2.16. The van der Waals surface area contributed by atoms with E-state index in [1.807, 2.05) is 55.5 Å². The lowest BCUT2D eigenvalue weighted by Gasteiger charge is -2.28. The number of hydrogen-bond donors (Lipinski definition) is 1. The summed E-state index contributed by atoms with van der Waals surface area (Å²) in [5.41, 5.74) is 3.30. The van der Waals surface area contributed by atoms with Crippen LogP contribution in [0.4, 0.5) is 0 Å². The van der Waals surface area contributed by atoms with Gasteiger partial charge in [-0.25, -0.2) is 0 Å². The molecule has 1 atom stereocenters. The Balaban J connectivity index is 2.12. The zero-order chi connectivity index (χ0) is 19.8. The van der Waals surface area contributed by atoms with E-state index < -0.39 is 6.04 Å². The van der Waals surface area contributed by atoms with Gasteiger partial charge in [0.05, 0.1) is 0 Å². The second-order valence-electron chi connectivity index (χ2n) is 6.52. The monoisotopic (exact) mass is 368 g/mol. The quantitative estimate of drug-likeness (QED) is 0.779. The number of rotatable bonds is 8. The van der Waals surface area contributed by atoms with Crippen molar-refractivity contribution in [3.63, 3.8) is 0 Å². The molecule has 2 rings (SSSR count). The molecule has 0 heterocycles. The maximum absolute atomic E-state index is 12.8. The molecule has 1 N–H and O–H groups in total. The normalized spacial score (nSPS) is 11.6. The lowest BCUT2D eigenvalue weighted by Crippen LogP contribution is -2.48. The summed E-state index contributed by atoms with van der Waals surface area (Å²) in [7, 11) is 1.57. The third-order valence-electron chi connectivity index (χ3n) is 4.71. The van der Waals surface area contributed by atoms with Crippen LogP contribution in [0.2, 0.25) is 0 Å². The van der Waals surface area contributed by atoms with Gasteiger partial charge >= 0.3 is 0 Å². The first-order valence-corrected chi connectivity index (χ1v) is 9.23. The van der Waals surface area contributed by atoms with Crippen molar-refractivity contribution in [2.45, 2.75) is 39.8 Å². The highest BCUT2D eigenvalue weighted by molar-refractivity contribution is 5.87. The second kappa shape index (κ2) is 9.76. The van der Waals surface area contributed by atoms with Crippen molar-refractivity contribution in [3.8, 4) is 5.75 Å². The first kappa shape index (κ1) is 20.5. The van der Waals surface area contributed by atoms with Crippen molar-refractivity contribution in [1.82, 2.24) is 10.2 Å². The van der Waals surface area contributed by atoms with Gasteiger partial charge < -0.3 is 15.0 Å². The van der Waals surface area contributed by atoms with E-state index in [1.165, 1.54) is 5.56 Å². The minimum absolute atomic E-state index is 0.112. The summed E-state index contributed by atoms with van der Waals surface area (Å²) in [5.74, 6) is 0.210. The van der Waals surface area contributed by atoms with Crippen LogP contribution in [0.15, 0.2) is 48.5 Å². The van der Waals surface area contributed by atoms with E-state index in [-0.39, 0.29) is 18.4 Å². The number of ether oxygens (including phenoxy) is 1. The van der Waals surface area contributed by atoms with Gasteiger partial charge in [-0.1, -0.05) is 43.3 Å². The van der Waals surface area contributed by atoms with Gasteiger partial charge in [-0.3, -0.25) is 9.59 Å². The van der Waals surface area contributed by atoms with Crippen LogP contribution >= 0.6 is 0 Å². The molecule has 5 heteroatoms. The Bertz CT molecular complexity index is 771. The lowest BCUT2D eigenvalue weighted by atomic mass is 10.1. The van der Waals surface area contributed by atoms with Crippen molar-refractivity contribution in [3.05, 3.63) is 65.2 Å². The highest BCUT2D eigenvalue weighted by atomic mass is 16.5. The number of amides is 2. The minimum Gasteiger partial charge on any atom is -0.484 e. The Morgan fingerprint density at radius 3 is 2.37 bits per heavy atom. The van der Waals surface area contributed by atoms with Crippen LogP contribution in [0.3, 0.4) is 0 Å². The molecule has 0 fully saturated rings. The largest absolute Gasteiger partial charge is 0.484 e. The molecule has 0 spiro atoms. The number of nitrogens with zero attached hydrogens (tertiary/aromatic N) is 1. The topological polar surface area (TPSA) is 58.6 Å². The summed E-state index contributed by atoms with van der Waals surface area (Å²) in [6.45, 7) is 6.05. The minimum atomic E-state index is -0.590. The standard InChI is InChI=1S/C22H28N2O3/c1-5-18-10-12-20(13-11-18)27-15-21(25)24(17(3)22(26)23-4)14-19-9-7-6-8-16(19)2/h6-13,17H,5,14-15H2,1-4H3,(H,23,26)/t17-/m0/s1. The lowest BCUT2D eigenvalue weighted by molar-refractivity contribution is -0.142. The van der Waals surface area contributed by atoms with Crippen LogP contribution in [0, 0.1) is 6.92 Å². The predicted molar refractivity (Wildman–Crippen MR) is 107 cm³/mol. The van der Waals surface area contributed by atoms with Crippen LogP contribution in [0.25, 0.3) is 0 Å². The van der Waals surface area contributed by atoms with Crippen LogP contribution in [0.1, 0.15) is 30.5 Å². The number of carbonyl (C=O) groups is 2. The van der Waals surface area contributed by atoms with E-state index in [2.05, 4.69) is 12.2 Å². The molecule has 0 saturated carbocycles. The Kier molecular flexibility index (Phi) is 7.41. The molecule has 2 amide bonds. The molecular formula is C22H28N2O3. The fourth-order valence-corrected chi connectivity index (χ4v) is 2.81. The number of nitrogens with one attached hydrogen (secondary N) is 1. The molecule has 0 aliphatic carbocycles. The van der Waals surface area contributed by atoms with E-state index in [1.54, 1.807) is 18.9 Å². The summed E-state index contributed by atoms with van der Waals surface area (Å²) in [5, 5.41) is 2.61. The second-order valence-corrected chi connectivity index (χ2v) is 6.52. The summed E-state index contributed by atoms with van der Waals surface area (Å²) >= 11 is 0. The zero-order valence-corrected chi connectivity index (χ0v) is 16.5. The maximum Gasteiger partial charge on any atom is 0.261 e. The van der Waals surface area contributed by atoms with Gasteiger partial charge in [0.15, 0.2) is 6.61 Å². The molecule has 0 radical (unpaired) electrons. The molecule has 0 unspecified atom stereocenters. The molecule has 0 aliphatic rings. The third kappa shape index (κ3) is 5.58. The number of aryl methyl sites for hydroxylation is 2. The van der Waals surface area contributed by atoms with E-state index in [4.69, 9.17) is 4.74 Å². The van der Waals surface area contributed by atoms with E-state index >= 15 is 0 Å². The van der Waals surface area contributed by atoms with E-state index in [0.29, 0.717) is 12.3 Å². The molecule has 5 nitrogen and oxygen atoms in total. The van der Waals surface area contributed by atoms with Crippen LogP contribution in [0.5, 0.6) is 5.75 Å². The van der Waals surface area contributed by atoms with Crippen molar-refractivity contribution < 1.29 is 14.3 Å². The summed E-state index contributed by atoms with van der Waals surface area (Å²) in [4.78, 5) is 26.5. The van der Waals surface area contributed by atoms with Crippen molar-refractivity contribution in [1.29, 1.82) is 0 Å². The smallest absolute Gasteiger partial charge is 0.261 e. The summed E-state index contributed by atoms with van der Waals surface area (Å²) in [6.07, 6.45) is 0.951. The van der Waals surface area contributed by atoms with Crippen LogP contribution < -0.4 is 10.1 Å². The molecule has 0 aliphatic heterocycles. The van der Waals surface area contributed by atoms with Crippen molar-refractivity contribution in [2.24, 2.45) is 0 Å². The van der Waals surface area contributed by atoms with Gasteiger partial charge in [-0.05, 0) is 49.1 Å². The Labute approximate surface area is 161 Å². The van der Waals surface area contributed by atoms with Gasteiger partial charge in [-0.15, -0.1) is 0 Å². The van der Waals surface area contributed by atoms with Crippen molar-refractivity contribution in [2.75, 3.05) is 13.7 Å². The average Bonchev–Trinajstić information content (AvgIpc) is 2.70. The van der Waals surface area contributed by atoms with Gasteiger partial charge in [0, 0.05) is 13.6 Å².